The molecule has 6 aliphatic carbocycles. The fourth-order valence-electron chi connectivity index (χ4n) is 11.0. The standard InChI is InChI=1S/C59H49N3O/c1-5-18-38(19-6-1)44-29-17-30-45(39-20-7-2-8-21-39)56(44)42-32-33-48(53(34-42)59-61-57(40-22-9-3-10-23-40)60-58(62-59)41-24-11-4-12-25-41)51-35-43-36-55-52(49-28-15-16-31-54(49)63-55)37-50(43)46-26-13-14-27-47(46)51/h1-3,5-11,13-14,18-20,22-27,30-37,39,46-47,49H,4,12,15-17,21,28-29H2. The molecule has 2 heterocycles. The molecular weight excluding hydrogens is 767 g/mol. The third-order valence-electron chi connectivity index (χ3n) is 14.0. The Labute approximate surface area is 370 Å². The molecule has 4 atom stereocenters. The van der Waals surface area contributed by atoms with Gasteiger partial charge in [0.15, 0.2) is 17.5 Å². The summed E-state index contributed by atoms with van der Waals surface area (Å²) in [4.78, 5) is 16.0. The summed E-state index contributed by atoms with van der Waals surface area (Å²) in [7, 11) is 0. The maximum Gasteiger partial charge on any atom is 0.164 e. The first kappa shape index (κ1) is 37.8. The van der Waals surface area contributed by atoms with E-state index in [0.717, 1.165) is 78.7 Å². The molecule has 1 aliphatic heterocycles. The van der Waals surface area contributed by atoms with E-state index in [0.29, 0.717) is 29.3 Å². The van der Waals surface area contributed by atoms with Crippen molar-refractivity contribution in [2.75, 3.05) is 0 Å². The molecular formula is C59H49N3O. The predicted molar refractivity (Wildman–Crippen MR) is 258 cm³/mol. The van der Waals surface area contributed by atoms with E-state index in [4.69, 9.17) is 19.7 Å². The van der Waals surface area contributed by atoms with Gasteiger partial charge in [0.2, 0.25) is 0 Å². The minimum Gasteiger partial charge on any atom is -0.461 e. The zero-order valence-corrected chi connectivity index (χ0v) is 35.5. The first-order chi connectivity index (χ1) is 31.2. The SMILES string of the molecule is C1=CCC(C2=CCCC(c3ccccc3)=C2c2ccc(C3=Cc4cc5c(cc4C4C=CC=CC34)C3CCCC=C3O5)c(-c3nc(C4=CCCC=C4)nc(-c4ccccc4)n3)c2)C=C1. The van der Waals surface area contributed by atoms with Gasteiger partial charge < -0.3 is 4.74 Å². The van der Waals surface area contributed by atoms with E-state index in [2.05, 4.69) is 170 Å². The van der Waals surface area contributed by atoms with Crippen LogP contribution < -0.4 is 4.74 Å². The average molecular weight is 816 g/mol. The van der Waals surface area contributed by atoms with Crippen LogP contribution in [0, 0.1) is 11.8 Å². The summed E-state index contributed by atoms with van der Waals surface area (Å²) in [5.41, 5.74) is 16.0. The van der Waals surface area contributed by atoms with Gasteiger partial charge in [0.1, 0.15) is 11.5 Å². The molecule has 5 aromatic rings. The molecule has 0 bridgehead atoms. The number of hydrogen-bond donors (Lipinski definition) is 0. The van der Waals surface area contributed by atoms with Gasteiger partial charge in [-0.05, 0) is 120 Å². The zero-order chi connectivity index (χ0) is 41.7. The van der Waals surface area contributed by atoms with E-state index < -0.39 is 0 Å². The monoisotopic (exact) mass is 815 g/mol. The molecule has 4 heteroatoms. The quantitative estimate of drug-likeness (QED) is 0.164. The largest absolute Gasteiger partial charge is 0.461 e. The summed E-state index contributed by atoms with van der Waals surface area (Å²) >= 11 is 0. The topological polar surface area (TPSA) is 47.9 Å². The van der Waals surface area contributed by atoms with Crippen molar-refractivity contribution >= 4 is 28.4 Å². The number of nitrogens with zero attached hydrogens (tertiary/aromatic N) is 3. The number of hydrogen-bond acceptors (Lipinski definition) is 4. The summed E-state index contributed by atoms with van der Waals surface area (Å²) in [6.45, 7) is 0. The first-order valence-electron chi connectivity index (χ1n) is 23.0. The number of allylic oxidation sites excluding steroid dienone is 19. The fraction of sp³-hybridized carbons (Fsp3) is 0.203. The normalized spacial score (nSPS) is 22.9. The van der Waals surface area contributed by atoms with Gasteiger partial charge in [0.05, 0.1) is 0 Å². The number of ether oxygens (including phenoxy) is 1. The lowest BCUT2D eigenvalue weighted by molar-refractivity contribution is 0.403. The third kappa shape index (κ3) is 6.89. The van der Waals surface area contributed by atoms with Gasteiger partial charge in [0.25, 0.3) is 0 Å². The zero-order valence-electron chi connectivity index (χ0n) is 35.5. The van der Waals surface area contributed by atoms with Crippen LogP contribution in [0.1, 0.15) is 102 Å². The van der Waals surface area contributed by atoms with Crippen molar-refractivity contribution in [3.63, 3.8) is 0 Å². The van der Waals surface area contributed by atoms with Crippen LogP contribution in [0.4, 0.5) is 0 Å². The fourth-order valence-corrected chi connectivity index (χ4v) is 11.0. The van der Waals surface area contributed by atoms with Crippen LogP contribution in [-0.2, 0) is 0 Å². The molecule has 12 rings (SSSR count). The van der Waals surface area contributed by atoms with Gasteiger partial charge in [0, 0.05) is 45.9 Å². The van der Waals surface area contributed by atoms with Crippen molar-refractivity contribution in [2.45, 2.75) is 63.2 Å². The Morgan fingerprint density at radius 2 is 1.38 bits per heavy atom. The molecule has 1 aromatic heterocycles. The van der Waals surface area contributed by atoms with Crippen LogP contribution in [0.5, 0.6) is 5.75 Å². The smallest absolute Gasteiger partial charge is 0.164 e. The van der Waals surface area contributed by atoms with E-state index in [1.165, 1.54) is 56.5 Å². The van der Waals surface area contributed by atoms with Crippen molar-refractivity contribution in [1.29, 1.82) is 0 Å². The maximum absolute atomic E-state index is 6.61. The van der Waals surface area contributed by atoms with Crippen LogP contribution in [-0.4, -0.2) is 15.0 Å². The second-order valence-electron chi connectivity index (χ2n) is 17.8. The molecule has 4 unspecified atom stereocenters. The van der Waals surface area contributed by atoms with E-state index in [1.807, 2.05) is 6.07 Å². The Morgan fingerprint density at radius 3 is 2.21 bits per heavy atom. The lowest BCUT2D eigenvalue weighted by Gasteiger charge is -2.34. The minimum absolute atomic E-state index is 0.135. The highest BCUT2D eigenvalue weighted by molar-refractivity contribution is 6.02. The Morgan fingerprint density at radius 1 is 0.571 bits per heavy atom. The van der Waals surface area contributed by atoms with Gasteiger partial charge in [-0.3, -0.25) is 0 Å². The van der Waals surface area contributed by atoms with Gasteiger partial charge in [-0.2, -0.15) is 0 Å². The molecule has 0 saturated heterocycles. The van der Waals surface area contributed by atoms with E-state index in [1.54, 1.807) is 0 Å². The van der Waals surface area contributed by atoms with Gasteiger partial charge >= 0.3 is 0 Å². The van der Waals surface area contributed by atoms with E-state index in [9.17, 15) is 0 Å². The van der Waals surface area contributed by atoms with Crippen LogP contribution >= 0.6 is 0 Å². The third-order valence-corrected chi connectivity index (χ3v) is 14.0. The van der Waals surface area contributed by atoms with Crippen molar-refractivity contribution < 1.29 is 4.74 Å². The Hall–Kier alpha value is -6.91. The molecule has 0 amide bonds. The summed E-state index contributed by atoms with van der Waals surface area (Å²) < 4.78 is 6.61. The molecule has 0 saturated carbocycles. The summed E-state index contributed by atoms with van der Waals surface area (Å²) in [5.74, 6) is 5.21. The minimum atomic E-state index is 0.135. The number of fused-ring (bicyclic) bond motifs is 6. The lowest BCUT2D eigenvalue weighted by atomic mass is 9.69. The van der Waals surface area contributed by atoms with Gasteiger partial charge in [-0.25, -0.2) is 15.0 Å². The Kier molecular flexibility index (Phi) is 9.66. The highest BCUT2D eigenvalue weighted by Crippen LogP contribution is 2.54. The molecule has 0 N–H and O–H groups in total. The molecule has 4 aromatic carbocycles. The summed E-state index contributed by atoms with van der Waals surface area (Å²) in [6.07, 6.45) is 40.7. The number of rotatable bonds is 7. The molecule has 306 valence electrons. The molecule has 0 spiro atoms. The van der Waals surface area contributed by atoms with Crippen molar-refractivity contribution in [1.82, 2.24) is 15.0 Å². The Balaban J connectivity index is 1.10. The second kappa shape index (κ2) is 16.1. The summed E-state index contributed by atoms with van der Waals surface area (Å²) in [6, 6.07) is 33.3. The number of benzene rings is 4. The van der Waals surface area contributed by atoms with Crippen molar-refractivity contribution in [2.24, 2.45) is 11.8 Å². The Bertz CT molecular complexity index is 2990. The van der Waals surface area contributed by atoms with Crippen molar-refractivity contribution in [3.8, 4) is 28.5 Å². The van der Waals surface area contributed by atoms with E-state index in [-0.39, 0.29) is 11.8 Å². The maximum atomic E-state index is 6.61. The van der Waals surface area contributed by atoms with Crippen LogP contribution in [0.25, 0.3) is 51.1 Å². The highest BCUT2D eigenvalue weighted by Gasteiger charge is 2.37. The van der Waals surface area contributed by atoms with Crippen LogP contribution in [0.15, 0.2) is 181 Å². The van der Waals surface area contributed by atoms with Crippen LogP contribution in [0.3, 0.4) is 0 Å². The molecule has 7 aliphatic rings. The second-order valence-corrected chi connectivity index (χ2v) is 17.8. The van der Waals surface area contributed by atoms with Gasteiger partial charge in [-0.1, -0.05) is 158 Å². The molecule has 0 radical (unpaired) electrons. The van der Waals surface area contributed by atoms with Crippen molar-refractivity contribution in [3.05, 3.63) is 221 Å². The number of aromatic nitrogens is 3. The first-order valence-corrected chi connectivity index (χ1v) is 23.0. The summed E-state index contributed by atoms with van der Waals surface area (Å²) in [5, 5.41) is 0. The average Bonchev–Trinajstić information content (AvgIpc) is 3.73. The molecule has 4 nitrogen and oxygen atoms in total. The van der Waals surface area contributed by atoms with Crippen LogP contribution in [0.2, 0.25) is 0 Å². The van der Waals surface area contributed by atoms with E-state index >= 15 is 0 Å². The lowest BCUT2D eigenvalue weighted by Crippen LogP contribution is -2.19. The molecule has 0 fully saturated rings. The van der Waals surface area contributed by atoms with Gasteiger partial charge in [-0.15, -0.1) is 0 Å². The predicted octanol–water partition coefficient (Wildman–Crippen LogP) is 14.6. The highest BCUT2D eigenvalue weighted by atomic mass is 16.5. The molecule has 63 heavy (non-hydrogen) atoms.